The molecule has 1 amide bonds. The van der Waals surface area contributed by atoms with Crippen molar-refractivity contribution in [3.05, 3.63) is 22.4 Å². The number of carbonyl (C=O) groups excluding carboxylic acids is 1. The Kier molecular flexibility index (Phi) is 3.64. The number of piperidine rings is 1. The van der Waals surface area contributed by atoms with Crippen LogP contribution in [-0.4, -0.2) is 52.7 Å². The minimum absolute atomic E-state index is 0.185. The Balaban J connectivity index is 1.40. The number of halogens is 1. The number of ether oxygens (including phenoxy) is 1. The summed E-state index contributed by atoms with van der Waals surface area (Å²) in [5, 5.41) is 0. The van der Waals surface area contributed by atoms with E-state index >= 15 is 0 Å². The van der Waals surface area contributed by atoms with Crippen LogP contribution in [0.15, 0.2) is 16.7 Å². The summed E-state index contributed by atoms with van der Waals surface area (Å²) in [5.41, 5.74) is 1.54. The monoisotopic (exact) mass is 419 g/mol. The molecule has 4 fully saturated rings. The second-order valence-corrected chi connectivity index (χ2v) is 10.1. The van der Waals surface area contributed by atoms with Gasteiger partial charge < -0.3 is 9.64 Å². The fourth-order valence-electron chi connectivity index (χ4n) is 5.55. The van der Waals surface area contributed by atoms with E-state index in [1.807, 2.05) is 18.7 Å². The normalized spacial score (nSPS) is 38.4. The first-order chi connectivity index (χ1) is 12.3. The Morgan fingerprint density at radius 1 is 1.23 bits per heavy atom. The van der Waals surface area contributed by atoms with Crippen LogP contribution in [0.2, 0.25) is 0 Å². The Morgan fingerprint density at radius 3 is 2.62 bits per heavy atom. The first-order valence-corrected chi connectivity index (χ1v) is 10.5. The number of rotatable bonds is 2. The topological polar surface area (TPSA) is 45.7 Å². The van der Waals surface area contributed by atoms with Crippen molar-refractivity contribution in [3.8, 4) is 0 Å². The maximum atomic E-state index is 13.2. The molecule has 2 atom stereocenters. The molecule has 0 radical (unpaired) electrons. The van der Waals surface area contributed by atoms with Crippen LogP contribution in [0.4, 0.5) is 5.69 Å². The van der Waals surface area contributed by atoms with Gasteiger partial charge >= 0.3 is 0 Å². The van der Waals surface area contributed by atoms with E-state index in [1.165, 1.54) is 12.8 Å². The number of hydrogen-bond donors (Lipinski definition) is 0. The van der Waals surface area contributed by atoms with Crippen molar-refractivity contribution < 1.29 is 9.53 Å². The molecule has 5 aliphatic rings. The van der Waals surface area contributed by atoms with Crippen LogP contribution in [0.25, 0.3) is 0 Å². The molecule has 1 aromatic heterocycles. The van der Waals surface area contributed by atoms with Crippen LogP contribution in [0, 0.1) is 0 Å². The van der Waals surface area contributed by atoms with Crippen molar-refractivity contribution in [1.82, 2.24) is 9.88 Å². The van der Waals surface area contributed by atoms with Gasteiger partial charge in [-0.15, -0.1) is 0 Å². The average molecular weight is 420 g/mol. The van der Waals surface area contributed by atoms with Crippen LogP contribution in [0.1, 0.15) is 52.1 Å². The van der Waals surface area contributed by atoms with Gasteiger partial charge in [0.05, 0.1) is 29.5 Å². The molecule has 6 heteroatoms. The molecule has 4 aliphatic heterocycles. The fraction of sp³-hybridized carbons (Fsp3) is 0.700. The maximum Gasteiger partial charge on any atom is 0.239 e. The highest BCUT2D eigenvalue weighted by molar-refractivity contribution is 9.10. The number of amides is 1. The van der Waals surface area contributed by atoms with Gasteiger partial charge in [-0.1, -0.05) is 0 Å². The standard InChI is InChI=1S/C20H26BrN3O2/c1-19(2)17-16(6-12(21)9-22-17)24(18(19)25)14-7-20(3,8-14)23-10-15-5-4-13(23)11-26-15/h6,9,13-15H,4-5,7-8,10-11H2,1-3H3/t13?,14-,15?,20+. The molecule has 1 saturated carbocycles. The molecule has 2 bridgehead atoms. The number of nitrogens with zero attached hydrogens (tertiary/aromatic N) is 3. The predicted octanol–water partition coefficient (Wildman–Crippen LogP) is 3.25. The SMILES string of the molecule is CC1(C)C(=O)N([C@H]2C[C@@](C)(N3CC4CCC3CO4)C2)c2cc(Br)cnc21. The summed E-state index contributed by atoms with van der Waals surface area (Å²) in [6.45, 7) is 8.29. The van der Waals surface area contributed by atoms with E-state index in [2.05, 4.69) is 38.8 Å². The van der Waals surface area contributed by atoms with Gasteiger partial charge in [0.25, 0.3) is 0 Å². The zero-order valence-electron chi connectivity index (χ0n) is 15.7. The van der Waals surface area contributed by atoms with Gasteiger partial charge in [-0.3, -0.25) is 14.7 Å². The first-order valence-electron chi connectivity index (χ1n) is 9.68. The third-order valence-corrected chi connectivity index (χ3v) is 7.47. The lowest BCUT2D eigenvalue weighted by molar-refractivity contribution is -0.159. The largest absolute Gasteiger partial charge is 0.375 e. The molecular weight excluding hydrogens is 394 g/mol. The second kappa shape index (κ2) is 5.52. The van der Waals surface area contributed by atoms with Gasteiger partial charge in [0.15, 0.2) is 0 Å². The number of pyridine rings is 1. The van der Waals surface area contributed by atoms with Gasteiger partial charge in [-0.25, -0.2) is 0 Å². The first kappa shape index (κ1) is 17.1. The molecule has 2 unspecified atom stereocenters. The molecule has 5 nitrogen and oxygen atoms in total. The summed E-state index contributed by atoms with van der Waals surface area (Å²) in [4.78, 5) is 22.5. The van der Waals surface area contributed by atoms with E-state index in [1.54, 1.807) is 6.20 Å². The van der Waals surface area contributed by atoms with Crippen LogP contribution >= 0.6 is 15.9 Å². The molecule has 3 saturated heterocycles. The smallest absolute Gasteiger partial charge is 0.239 e. The number of fused-ring (bicyclic) bond motifs is 4. The summed E-state index contributed by atoms with van der Waals surface area (Å²) in [5.74, 6) is 0.189. The lowest BCUT2D eigenvalue weighted by Crippen LogP contribution is -2.69. The Hall–Kier alpha value is -0.980. The number of anilines is 1. The Bertz CT molecular complexity index is 766. The summed E-state index contributed by atoms with van der Waals surface area (Å²) in [6.07, 6.45) is 6.72. The summed E-state index contributed by atoms with van der Waals surface area (Å²) in [7, 11) is 0. The average Bonchev–Trinajstić information content (AvgIpc) is 2.79. The number of hydrogen-bond acceptors (Lipinski definition) is 4. The highest BCUT2D eigenvalue weighted by Gasteiger charge is 2.56. The predicted molar refractivity (Wildman–Crippen MR) is 103 cm³/mol. The lowest BCUT2D eigenvalue weighted by atomic mass is 9.70. The highest BCUT2D eigenvalue weighted by Crippen LogP contribution is 2.50. The molecule has 0 aromatic carbocycles. The lowest BCUT2D eigenvalue weighted by Gasteiger charge is -2.60. The second-order valence-electron chi connectivity index (χ2n) is 9.22. The van der Waals surface area contributed by atoms with Crippen LogP contribution in [0.3, 0.4) is 0 Å². The fourth-order valence-corrected chi connectivity index (χ4v) is 5.87. The van der Waals surface area contributed by atoms with E-state index in [-0.39, 0.29) is 17.5 Å². The number of aromatic nitrogens is 1. The Labute approximate surface area is 163 Å². The Morgan fingerprint density at radius 2 is 2.00 bits per heavy atom. The van der Waals surface area contributed by atoms with Crippen molar-refractivity contribution in [1.29, 1.82) is 0 Å². The van der Waals surface area contributed by atoms with Crippen molar-refractivity contribution in [2.75, 3.05) is 18.1 Å². The van der Waals surface area contributed by atoms with Crippen molar-refractivity contribution >= 4 is 27.5 Å². The van der Waals surface area contributed by atoms with Crippen molar-refractivity contribution in [2.45, 2.75) is 75.6 Å². The van der Waals surface area contributed by atoms with Gasteiger partial charge in [0, 0.05) is 34.8 Å². The molecule has 6 rings (SSSR count). The van der Waals surface area contributed by atoms with Crippen LogP contribution in [-0.2, 0) is 14.9 Å². The highest BCUT2D eigenvalue weighted by atomic mass is 79.9. The zero-order valence-corrected chi connectivity index (χ0v) is 17.3. The summed E-state index contributed by atoms with van der Waals surface area (Å²) in [6, 6.07) is 2.88. The van der Waals surface area contributed by atoms with Crippen molar-refractivity contribution in [2.24, 2.45) is 0 Å². The van der Waals surface area contributed by atoms with E-state index in [0.717, 1.165) is 41.8 Å². The van der Waals surface area contributed by atoms with E-state index in [0.29, 0.717) is 12.1 Å². The number of carbonyl (C=O) groups is 1. The molecule has 26 heavy (non-hydrogen) atoms. The molecule has 0 spiro atoms. The summed E-state index contributed by atoms with van der Waals surface area (Å²) >= 11 is 3.52. The maximum absolute atomic E-state index is 13.2. The third kappa shape index (κ3) is 2.28. The minimum atomic E-state index is -0.542. The van der Waals surface area contributed by atoms with Gasteiger partial charge in [0.1, 0.15) is 0 Å². The third-order valence-electron chi connectivity index (χ3n) is 7.04. The van der Waals surface area contributed by atoms with E-state index in [9.17, 15) is 4.79 Å². The minimum Gasteiger partial charge on any atom is -0.375 e. The zero-order chi connectivity index (χ0) is 18.3. The molecule has 1 aliphatic carbocycles. The van der Waals surface area contributed by atoms with Gasteiger partial charge in [0.2, 0.25) is 5.91 Å². The van der Waals surface area contributed by atoms with Crippen LogP contribution in [0.5, 0.6) is 0 Å². The van der Waals surface area contributed by atoms with Gasteiger partial charge in [-0.05, 0) is 68.5 Å². The molecule has 1 aromatic rings. The van der Waals surface area contributed by atoms with Crippen LogP contribution < -0.4 is 4.90 Å². The number of morpholine rings is 1. The van der Waals surface area contributed by atoms with E-state index < -0.39 is 5.41 Å². The van der Waals surface area contributed by atoms with E-state index in [4.69, 9.17) is 4.74 Å². The van der Waals surface area contributed by atoms with Gasteiger partial charge in [-0.2, -0.15) is 0 Å². The molecular formula is C20H26BrN3O2. The quantitative estimate of drug-likeness (QED) is 0.737. The van der Waals surface area contributed by atoms with Crippen molar-refractivity contribution in [3.63, 3.8) is 0 Å². The molecule has 140 valence electrons. The molecule has 0 N–H and O–H groups in total. The molecule has 5 heterocycles. The summed E-state index contributed by atoms with van der Waals surface area (Å²) < 4.78 is 6.81.